The fourth-order valence-corrected chi connectivity index (χ4v) is 2.06. The Kier molecular flexibility index (Phi) is 5.61. The van der Waals surface area contributed by atoms with Crippen LogP contribution in [0.2, 0.25) is 0 Å². The molecule has 0 aliphatic carbocycles. The molecule has 0 atom stereocenters. The average Bonchev–Trinajstić information content (AvgIpc) is 2.88. The first-order valence-electron chi connectivity index (χ1n) is 6.55. The van der Waals surface area contributed by atoms with Crippen molar-refractivity contribution in [2.24, 2.45) is 0 Å². The molecular weight excluding hydrogens is 325 g/mol. The van der Waals surface area contributed by atoms with Gasteiger partial charge in [-0.15, -0.1) is 0 Å². The number of hydrogen-bond acceptors (Lipinski definition) is 3. The van der Waals surface area contributed by atoms with E-state index >= 15 is 0 Å². The number of nitrogens with one attached hydrogen (secondary N) is 1. The molecule has 0 saturated carbocycles. The van der Waals surface area contributed by atoms with Crippen LogP contribution in [0.15, 0.2) is 39.2 Å². The van der Waals surface area contributed by atoms with Gasteiger partial charge < -0.3 is 14.5 Å². The second-order valence-corrected chi connectivity index (χ2v) is 5.26. The highest BCUT2D eigenvalue weighted by atomic mass is 79.9. The van der Waals surface area contributed by atoms with Gasteiger partial charge in [0, 0.05) is 0 Å². The summed E-state index contributed by atoms with van der Waals surface area (Å²) in [6, 6.07) is 8.37. The zero-order valence-corrected chi connectivity index (χ0v) is 12.9. The van der Waals surface area contributed by atoms with E-state index in [1.165, 1.54) is 6.07 Å². The summed E-state index contributed by atoms with van der Waals surface area (Å²) in [6.07, 6.45) is 1.09. The van der Waals surface area contributed by atoms with Gasteiger partial charge >= 0.3 is 0 Å². The molecule has 3 nitrogen and oxygen atoms in total. The predicted molar refractivity (Wildman–Crippen MR) is 79.1 cm³/mol. The number of benzene rings is 1. The van der Waals surface area contributed by atoms with Crippen LogP contribution in [0.3, 0.4) is 0 Å². The summed E-state index contributed by atoms with van der Waals surface area (Å²) in [5.74, 6) is 1.93. The average molecular weight is 342 g/mol. The van der Waals surface area contributed by atoms with Gasteiger partial charge in [-0.25, -0.2) is 4.39 Å². The number of hydrogen-bond donors (Lipinski definition) is 1. The Balaban J connectivity index is 1.85. The molecule has 0 radical (unpaired) electrons. The third-order valence-electron chi connectivity index (χ3n) is 2.72. The van der Waals surface area contributed by atoms with E-state index in [-0.39, 0.29) is 5.82 Å². The molecule has 0 amide bonds. The minimum Gasteiger partial charge on any atom is -0.486 e. The number of rotatable bonds is 7. The molecule has 1 heterocycles. The van der Waals surface area contributed by atoms with Crippen molar-refractivity contribution in [1.82, 2.24) is 5.32 Å². The van der Waals surface area contributed by atoms with Crippen molar-refractivity contribution >= 4 is 15.9 Å². The summed E-state index contributed by atoms with van der Waals surface area (Å²) in [5.41, 5.74) is 0. The van der Waals surface area contributed by atoms with Gasteiger partial charge in [0.1, 0.15) is 29.7 Å². The van der Waals surface area contributed by atoms with Crippen LogP contribution in [0, 0.1) is 5.82 Å². The highest BCUT2D eigenvalue weighted by Crippen LogP contribution is 2.22. The summed E-state index contributed by atoms with van der Waals surface area (Å²) in [5, 5.41) is 3.27. The van der Waals surface area contributed by atoms with Gasteiger partial charge in [-0.3, -0.25) is 0 Å². The molecule has 108 valence electrons. The molecule has 1 aromatic heterocycles. The van der Waals surface area contributed by atoms with E-state index in [9.17, 15) is 4.39 Å². The summed E-state index contributed by atoms with van der Waals surface area (Å²) >= 11 is 3.12. The Morgan fingerprint density at radius 3 is 2.80 bits per heavy atom. The Labute approximate surface area is 126 Å². The maximum absolute atomic E-state index is 13.1. The molecule has 0 aliphatic rings. The first-order valence-corrected chi connectivity index (χ1v) is 7.34. The second kappa shape index (κ2) is 7.45. The lowest BCUT2D eigenvalue weighted by molar-refractivity contribution is 0.264. The number of halogens is 2. The van der Waals surface area contributed by atoms with Crippen LogP contribution in [0.25, 0.3) is 0 Å². The Hall–Kier alpha value is -1.33. The first kappa shape index (κ1) is 15.1. The zero-order valence-electron chi connectivity index (χ0n) is 11.3. The molecular formula is C15H17BrFNO2. The van der Waals surface area contributed by atoms with E-state index in [4.69, 9.17) is 9.15 Å². The topological polar surface area (TPSA) is 34.4 Å². The van der Waals surface area contributed by atoms with Crippen molar-refractivity contribution < 1.29 is 13.5 Å². The largest absolute Gasteiger partial charge is 0.486 e. The number of furan rings is 1. The quantitative estimate of drug-likeness (QED) is 0.764. The number of ether oxygens (including phenoxy) is 1. The van der Waals surface area contributed by atoms with Crippen molar-refractivity contribution in [1.29, 1.82) is 0 Å². The van der Waals surface area contributed by atoms with Crippen molar-refractivity contribution in [3.05, 3.63) is 52.1 Å². The summed E-state index contributed by atoms with van der Waals surface area (Å²) in [7, 11) is 0. The van der Waals surface area contributed by atoms with E-state index in [0.29, 0.717) is 16.8 Å². The molecule has 5 heteroatoms. The van der Waals surface area contributed by atoms with Gasteiger partial charge in [0.05, 0.1) is 11.0 Å². The van der Waals surface area contributed by atoms with E-state index < -0.39 is 0 Å². The van der Waals surface area contributed by atoms with Gasteiger partial charge in [0.25, 0.3) is 0 Å². The molecule has 0 fully saturated rings. The van der Waals surface area contributed by atoms with E-state index in [1.54, 1.807) is 12.1 Å². The maximum atomic E-state index is 13.1. The van der Waals surface area contributed by atoms with Gasteiger partial charge in [-0.2, -0.15) is 0 Å². The van der Waals surface area contributed by atoms with Crippen LogP contribution in [-0.2, 0) is 13.2 Å². The first-order chi connectivity index (χ1) is 9.69. The highest BCUT2D eigenvalue weighted by Gasteiger charge is 2.05. The lowest BCUT2D eigenvalue weighted by Gasteiger charge is -2.05. The fourth-order valence-electron chi connectivity index (χ4n) is 1.70. The molecule has 0 bridgehead atoms. The van der Waals surface area contributed by atoms with Crippen molar-refractivity contribution in [3.63, 3.8) is 0 Å². The highest BCUT2D eigenvalue weighted by molar-refractivity contribution is 9.10. The van der Waals surface area contributed by atoms with Crippen molar-refractivity contribution in [2.45, 2.75) is 26.5 Å². The Morgan fingerprint density at radius 2 is 2.05 bits per heavy atom. The van der Waals surface area contributed by atoms with Gasteiger partial charge in [0.2, 0.25) is 0 Å². The van der Waals surface area contributed by atoms with Crippen LogP contribution in [0.4, 0.5) is 4.39 Å². The third kappa shape index (κ3) is 4.35. The van der Waals surface area contributed by atoms with Crippen molar-refractivity contribution in [2.75, 3.05) is 6.54 Å². The predicted octanol–water partition coefficient (Wildman–Crippen LogP) is 4.26. The molecule has 20 heavy (non-hydrogen) atoms. The molecule has 1 N–H and O–H groups in total. The molecule has 2 aromatic rings. The van der Waals surface area contributed by atoms with Crippen LogP contribution in [0.5, 0.6) is 5.75 Å². The van der Waals surface area contributed by atoms with E-state index in [2.05, 4.69) is 28.2 Å². The zero-order chi connectivity index (χ0) is 14.4. The maximum Gasteiger partial charge on any atom is 0.146 e. The minimum absolute atomic E-state index is 0.306. The Morgan fingerprint density at radius 1 is 1.25 bits per heavy atom. The van der Waals surface area contributed by atoms with Gasteiger partial charge in [-0.1, -0.05) is 6.92 Å². The lowest BCUT2D eigenvalue weighted by atomic mass is 10.3. The van der Waals surface area contributed by atoms with Gasteiger partial charge in [0.15, 0.2) is 0 Å². The molecule has 1 aromatic carbocycles. The molecule has 0 unspecified atom stereocenters. The normalized spacial score (nSPS) is 10.8. The van der Waals surface area contributed by atoms with Crippen molar-refractivity contribution in [3.8, 4) is 5.75 Å². The van der Waals surface area contributed by atoms with Crippen LogP contribution in [-0.4, -0.2) is 6.54 Å². The second-order valence-electron chi connectivity index (χ2n) is 4.41. The monoisotopic (exact) mass is 341 g/mol. The van der Waals surface area contributed by atoms with Crippen LogP contribution < -0.4 is 10.1 Å². The van der Waals surface area contributed by atoms with E-state index in [0.717, 1.165) is 31.0 Å². The smallest absolute Gasteiger partial charge is 0.146 e. The fraction of sp³-hybridized carbons (Fsp3) is 0.333. The lowest BCUT2D eigenvalue weighted by Crippen LogP contribution is -2.13. The Bertz CT molecular complexity index is 557. The molecule has 0 spiro atoms. The van der Waals surface area contributed by atoms with E-state index in [1.807, 2.05) is 12.1 Å². The summed E-state index contributed by atoms with van der Waals surface area (Å²) in [6.45, 7) is 4.13. The third-order valence-corrected chi connectivity index (χ3v) is 3.32. The van der Waals surface area contributed by atoms with Crippen LogP contribution in [0.1, 0.15) is 24.9 Å². The van der Waals surface area contributed by atoms with Gasteiger partial charge in [-0.05, 0) is 59.2 Å². The summed E-state index contributed by atoms with van der Waals surface area (Å²) in [4.78, 5) is 0. The summed E-state index contributed by atoms with van der Waals surface area (Å²) < 4.78 is 24.7. The minimum atomic E-state index is -0.306. The standard InChI is InChI=1S/C15H17BrFNO2/c1-2-7-18-9-12-3-4-13(20-12)10-19-11-5-6-15(17)14(16)8-11/h3-6,8,18H,2,7,9-10H2,1H3. The molecule has 0 saturated heterocycles. The van der Waals surface area contributed by atoms with Crippen LogP contribution >= 0.6 is 15.9 Å². The SMILES string of the molecule is CCCNCc1ccc(COc2ccc(F)c(Br)c2)o1. The molecule has 0 aliphatic heterocycles. The molecule has 2 rings (SSSR count).